The van der Waals surface area contributed by atoms with Crippen molar-refractivity contribution < 1.29 is 24.2 Å². The fourth-order valence-electron chi connectivity index (χ4n) is 4.42. The number of benzene rings is 2. The minimum Gasteiger partial charge on any atom is -0.481 e. The second-order valence-corrected chi connectivity index (χ2v) is 8.94. The van der Waals surface area contributed by atoms with Crippen LogP contribution >= 0.6 is 0 Å². The number of rotatable bonds is 11. The van der Waals surface area contributed by atoms with Crippen molar-refractivity contribution in [3.63, 3.8) is 0 Å². The number of hydrogen-bond acceptors (Lipinski definition) is 4. The summed E-state index contributed by atoms with van der Waals surface area (Å²) in [5, 5.41) is 11.6. The SMILES string of the molecule is CC[C@H](C)[C@H](NC(=O)OCC1c2ccccc2-c2ccccc21)C(=O)N(C)CCCCC(=O)O. The van der Waals surface area contributed by atoms with E-state index in [1.54, 1.807) is 11.9 Å². The van der Waals surface area contributed by atoms with Gasteiger partial charge in [-0.25, -0.2) is 4.79 Å². The highest BCUT2D eigenvalue weighted by atomic mass is 16.5. The maximum atomic E-state index is 13.0. The maximum absolute atomic E-state index is 13.0. The van der Waals surface area contributed by atoms with Gasteiger partial charge >= 0.3 is 12.1 Å². The number of ether oxygens (including phenoxy) is 1. The molecule has 0 bridgehead atoms. The molecule has 0 aliphatic heterocycles. The Kier molecular flexibility index (Phi) is 8.68. The van der Waals surface area contributed by atoms with Gasteiger partial charge in [-0.05, 0) is 41.0 Å². The van der Waals surface area contributed by atoms with Gasteiger partial charge in [0.1, 0.15) is 12.6 Å². The third kappa shape index (κ3) is 5.95. The molecule has 1 aliphatic rings. The molecule has 2 atom stereocenters. The van der Waals surface area contributed by atoms with Crippen molar-refractivity contribution in [3.05, 3.63) is 59.7 Å². The lowest BCUT2D eigenvalue weighted by molar-refractivity contribution is -0.137. The first-order chi connectivity index (χ1) is 16.3. The zero-order chi connectivity index (χ0) is 24.7. The first kappa shape index (κ1) is 25.3. The number of unbranched alkanes of at least 4 members (excludes halogenated alkanes) is 1. The Morgan fingerprint density at radius 1 is 1.03 bits per heavy atom. The van der Waals surface area contributed by atoms with Gasteiger partial charge in [0.15, 0.2) is 0 Å². The van der Waals surface area contributed by atoms with E-state index < -0.39 is 18.1 Å². The average molecular weight is 467 g/mol. The molecular weight excluding hydrogens is 432 g/mol. The predicted octanol–water partition coefficient (Wildman–Crippen LogP) is 4.65. The first-order valence-electron chi connectivity index (χ1n) is 11.9. The first-order valence-corrected chi connectivity index (χ1v) is 11.9. The fraction of sp³-hybridized carbons (Fsp3) is 0.444. The van der Waals surface area contributed by atoms with E-state index in [4.69, 9.17) is 9.84 Å². The molecule has 2 amide bonds. The summed E-state index contributed by atoms with van der Waals surface area (Å²) in [4.78, 5) is 38.0. The number of likely N-dealkylation sites (N-methyl/N-ethyl adjacent to an activating group) is 1. The van der Waals surface area contributed by atoms with Crippen molar-refractivity contribution in [1.82, 2.24) is 10.2 Å². The van der Waals surface area contributed by atoms with Gasteiger partial charge < -0.3 is 20.1 Å². The van der Waals surface area contributed by atoms with Gasteiger partial charge in [0, 0.05) is 25.9 Å². The van der Waals surface area contributed by atoms with Gasteiger partial charge in [0.2, 0.25) is 5.91 Å². The third-order valence-electron chi connectivity index (χ3n) is 6.61. The third-order valence-corrected chi connectivity index (χ3v) is 6.61. The normalized spacial score (nSPS) is 14.0. The Bertz CT molecular complexity index is 976. The summed E-state index contributed by atoms with van der Waals surface area (Å²) < 4.78 is 5.63. The van der Waals surface area contributed by atoms with E-state index in [0.29, 0.717) is 25.8 Å². The van der Waals surface area contributed by atoms with E-state index in [-0.39, 0.29) is 30.8 Å². The van der Waals surface area contributed by atoms with E-state index in [9.17, 15) is 14.4 Å². The Balaban J connectivity index is 1.61. The molecule has 2 N–H and O–H groups in total. The number of nitrogens with zero attached hydrogens (tertiary/aromatic N) is 1. The van der Waals surface area contributed by atoms with Gasteiger partial charge in [-0.3, -0.25) is 9.59 Å². The Morgan fingerprint density at radius 3 is 2.18 bits per heavy atom. The average Bonchev–Trinajstić information content (AvgIpc) is 3.16. The number of carboxylic acids is 1. The highest BCUT2D eigenvalue weighted by Gasteiger charge is 2.31. The Hall–Kier alpha value is -3.35. The quantitative estimate of drug-likeness (QED) is 0.470. The molecule has 0 saturated heterocycles. The number of hydrogen-bond donors (Lipinski definition) is 2. The lowest BCUT2D eigenvalue weighted by atomic mass is 9.97. The molecule has 34 heavy (non-hydrogen) atoms. The van der Waals surface area contributed by atoms with Crippen LogP contribution < -0.4 is 5.32 Å². The van der Waals surface area contributed by atoms with Crippen LogP contribution in [-0.2, 0) is 14.3 Å². The van der Waals surface area contributed by atoms with Crippen LogP contribution in [0.2, 0.25) is 0 Å². The summed E-state index contributed by atoms with van der Waals surface area (Å²) >= 11 is 0. The van der Waals surface area contributed by atoms with Crippen molar-refractivity contribution >= 4 is 18.0 Å². The number of aliphatic carboxylic acids is 1. The van der Waals surface area contributed by atoms with E-state index in [1.165, 1.54) is 0 Å². The number of carbonyl (C=O) groups is 3. The molecule has 182 valence electrons. The maximum Gasteiger partial charge on any atom is 0.407 e. The smallest absolute Gasteiger partial charge is 0.407 e. The summed E-state index contributed by atoms with van der Waals surface area (Å²) in [5.74, 6) is -1.16. The number of carbonyl (C=O) groups excluding carboxylic acids is 2. The van der Waals surface area contributed by atoms with Gasteiger partial charge in [-0.1, -0.05) is 68.8 Å². The van der Waals surface area contributed by atoms with Crippen molar-refractivity contribution in [3.8, 4) is 11.1 Å². The lowest BCUT2D eigenvalue weighted by Gasteiger charge is -2.28. The van der Waals surface area contributed by atoms with Crippen LogP contribution in [0, 0.1) is 5.92 Å². The second-order valence-electron chi connectivity index (χ2n) is 8.94. The molecule has 1 aliphatic carbocycles. The molecule has 0 spiro atoms. The summed E-state index contributed by atoms with van der Waals surface area (Å²) in [5.41, 5.74) is 4.58. The van der Waals surface area contributed by atoms with Crippen molar-refractivity contribution in [2.24, 2.45) is 5.92 Å². The van der Waals surface area contributed by atoms with Crippen LogP contribution in [0.4, 0.5) is 4.79 Å². The van der Waals surface area contributed by atoms with Crippen molar-refractivity contribution in [2.45, 2.75) is 51.5 Å². The monoisotopic (exact) mass is 466 g/mol. The highest BCUT2D eigenvalue weighted by molar-refractivity contribution is 5.86. The molecule has 0 fully saturated rings. The number of carboxylic acid groups (broad SMARTS) is 1. The minimum absolute atomic E-state index is 0.0483. The predicted molar refractivity (Wildman–Crippen MR) is 131 cm³/mol. The topological polar surface area (TPSA) is 95.9 Å². The number of amides is 2. The van der Waals surface area contributed by atoms with E-state index in [2.05, 4.69) is 29.6 Å². The summed E-state index contributed by atoms with van der Waals surface area (Å²) in [6.07, 6.45) is 1.27. The summed E-state index contributed by atoms with van der Waals surface area (Å²) in [6.45, 7) is 4.51. The number of alkyl carbamates (subject to hydrolysis) is 1. The van der Waals surface area contributed by atoms with Gasteiger partial charge in [-0.2, -0.15) is 0 Å². The molecule has 0 radical (unpaired) electrons. The number of fused-ring (bicyclic) bond motifs is 3. The molecule has 0 saturated carbocycles. The van der Waals surface area contributed by atoms with Crippen LogP contribution in [0.5, 0.6) is 0 Å². The molecular formula is C27H34N2O5. The summed E-state index contributed by atoms with van der Waals surface area (Å²) in [7, 11) is 1.68. The molecule has 0 unspecified atom stereocenters. The standard InChI is InChI=1S/C27H34N2O5/c1-4-18(2)25(26(32)29(3)16-10-9-15-24(30)31)28-27(33)34-17-23-21-13-7-5-11-19(21)20-12-6-8-14-22(20)23/h5-8,11-14,18,23,25H,4,9-10,15-17H2,1-3H3,(H,28,33)(H,30,31)/t18-,25-/m0/s1. The van der Waals surface area contributed by atoms with Gasteiger partial charge in [0.05, 0.1) is 0 Å². The molecule has 7 nitrogen and oxygen atoms in total. The fourth-order valence-corrected chi connectivity index (χ4v) is 4.42. The second kappa shape index (κ2) is 11.7. The van der Waals surface area contributed by atoms with Crippen LogP contribution in [0.1, 0.15) is 56.6 Å². The van der Waals surface area contributed by atoms with Crippen LogP contribution in [0.3, 0.4) is 0 Å². The zero-order valence-electron chi connectivity index (χ0n) is 20.1. The van der Waals surface area contributed by atoms with E-state index >= 15 is 0 Å². The zero-order valence-corrected chi connectivity index (χ0v) is 20.1. The molecule has 0 heterocycles. The highest BCUT2D eigenvalue weighted by Crippen LogP contribution is 2.44. The molecule has 3 rings (SSSR count). The molecule has 0 aromatic heterocycles. The minimum atomic E-state index is -0.844. The molecule has 7 heteroatoms. The molecule has 2 aromatic rings. The van der Waals surface area contributed by atoms with Crippen LogP contribution in [0.25, 0.3) is 11.1 Å². The Labute approximate surface area is 201 Å². The van der Waals surface area contributed by atoms with Crippen LogP contribution in [0.15, 0.2) is 48.5 Å². The Morgan fingerprint density at radius 2 is 1.62 bits per heavy atom. The largest absolute Gasteiger partial charge is 0.481 e. The van der Waals surface area contributed by atoms with Gasteiger partial charge in [-0.15, -0.1) is 0 Å². The van der Waals surface area contributed by atoms with Crippen molar-refractivity contribution in [2.75, 3.05) is 20.2 Å². The summed E-state index contributed by atoms with van der Waals surface area (Å²) in [6, 6.07) is 15.6. The van der Waals surface area contributed by atoms with Crippen LogP contribution in [-0.4, -0.2) is 54.2 Å². The van der Waals surface area contributed by atoms with Gasteiger partial charge in [0.25, 0.3) is 0 Å². The van der Waals surface area contributed by atoms with Crippen molar-refractivity contribution in [1.29, 1.82) is 0 Å². The molecule has 2 aromatic carbocycles. The number of nitrogens with one attached hydrogen (secondary N) is 1. The lowest BCUT2D eigenvalue weighted by Crippen LogP contribution is -2.51. The van der Waals surface area contributed by atoms with E-state index in [0.717, 1.165) is 22.3 Å². The van der Waals surface area contributed by atoms with E-state index in [1.807, 2.05) is 38.1 Å².